The van der Waals surface area contributed by atoms with Gasteiger partial charge < -0.3 is 19.5 Å². The van der Waals surface area contributed by atoms with Gasteiger partial charge in [-0.25, -0.2) is 0 Å². The van der Waals surface area contributed by atoms with Gasteiger partial charge in [0.2, 0.25) is 0 Å². The van der Waals surface area contributed by atoms with Crippen molar-refractivity contribution in [3.05, 3.63) is 54.2 Å². The van der Waals surface area contributed by atoms with Gasteiger partial charge in [-0.05, 0) is 25.1 Å². The fourth-order valence-electron chi connectivity index (χ4n) is 2.51. The van der Waals surface area contributed by atoms with Crippen molar-refractivity contribution in [1.82, 2.24) is 4.57 Å². The van der Waals surface area contributed by atoms with Crippen molar-refractivity contribution in [1.29, 1.82) is 0 Å². The SMILES string of the molecule is CCn1cc(COc2cccc(O)c2)c2cccc(O)c21. The molecule has 0 bridgehead atoms. The summed E-state index contributed by atoms with van der Waals surface area (Å²) in [4.78, 5) is 0. The number of fused-ring (bicyclic) bond motifs is 1. The fourth-order valence-corrected chi connectivity index (χ4v) is 2.51. The molecule has 4 nitrogen and oxygen atoms in total. The van der Waals surface area contributed by atoms with Gasteiger partial charge in [-0.15, -0.1) is 0 Å². The van der Waals surface area contributed by atoms with Crippen LogP contribution in [0.4, 0.5) is 0 Å². The Labute approximate surface area is 122 Å². The lowest BCUT2D eigenvalue weighted by Crippen LogP contribution is -1.95. The van der Waals surface area contributed by atoms with Crippen molar-refractivity contribution in [2.45, 2.75) is 20.1 Å². The maximum atomic E-state index is 10.0. The van der Waals surface area contributed by atoms with Gasteiger partial charge in [-0.1, -0.05) is 18.2 Å². The van der Waals surface area contributed by atoms with Crippen molar-refractivity contribution in [2.24, 2.45) is 0 Å². The molecule has 21 heavy (non-hydrogen) atoms. The minimum Gasteiger partial charge on any atom is -0.508 e. The van der Waals surface area contributed by atoms with Gasteiger partial charge in [0, 0.05) is 29.8 Å². The molecule has 3 aromatic rings. The molecule has 4 heteroatoms. The van der Waals surface area contributed by atoms with E-state index in [0.717, 1.165) is 23.0 Å². The fraction of sp³-hybridized carbons (Fsp3) is 0.176. The standard InChI is InChI=1S/C17H17NO3/c1-2-18-10-12(15-7-4-8-16(20)17(15)18)11-21-14-6-3-5-13(19)9-14/h3-10,19-20H,2,11H2,1H3. The van der Waals surface area contributed by atoms with Gasteiger partial charge in [0.15, 0.2) is 0 Å². The number of phenols is 2. The van der Waals surface area contributed by atoms with Crippen molar-refractivity contribution in [3.8, 4) is 17.2 Å². The number of benzene rings is 2. The van der Waals surface area contributed by atoms with E-state index < -0.39 is 0 Å². The normalized spacial score (nSPS) is 10.9. The van der Waals surface area contributed by atoms with E-state index in [1.807, 2.05) is 29.8 Å². The van der Waals surface area contributed by atoms with E-state index in [2.05, 4.69) is 0 Å². The molecule has 0 spiro atoms. The zero-order chi connectivity index (χ0) is 14.8. The van der Waals surface area contributed by atoms with E-state index >= 15 is 0 Å². The third kappa shape index (κ3) is 2.52. The summed E-state index contributed by atoms with van der Waals surface area (Å²) in [7, 11) is 0. The highest BCUT2D eigenvalue weighted by Gasteiger charge is 2.11. The molecule has 0 amide bonds. The molecule has 1 aromatic heterocycles. The predicted octanol–water partition coefficient (Wildman–Crippen LogP) is 3.65. The highest BCUT2D eigenvalue weighted by Crippen LogP contribution is 2.30. The lowest BCUT2D eigenvalue weighted by atomic mass is 10.2. The first-order valence-electron chi connectivity index (χ1n) is 6.90. The summed E-state index contributed by atoms with van der Waals surface area (Å²) < 4.78 is 7.73. The third-order valence-electron chi connectivity index (χ3n) is 3.51. The molecule has 0 aliphatic carbocycles. The molecule has 0 radical (unpaired) electrons. The molecular weight excluding hydrogens is 266 g/mol. The van der Waals surface area contributed by atoms with E-state index in [1.165, 1.54) is 0 Å². The van der Waals surface area contributed by atoms with Crippen molar-refractivity contribution in [3.63, 3.8) is 0 Å². The summed E-state index contributed by atoms with van der Waals surface area (Å²) in [6.45, 7) is 3.20. The van der Waals surface area contributed by atoms with Crippen LogP contribution in [0.5, 0.6) is 17.2 Å². The first-order chi connectivity index (χ1) is 10.2. The number of aromatic hydroxyl groups is 2. The van der Waals surface area contributed by atoms with Crippen molar-refractivity contribution in [2.75, 3.05) is 0 Å². The molecule has 0 fully saturated rings. The number of aromatic nitrogens is 1. The Morgan fingerprint density at radius 1 is 1.10 bits per heavy atom. The summed E-state index contributed by atoms with van der Waals surface area (Å²) >= 11 is 0. The van der Waals surface area contributed by atoms with Gasteiger partial charge in [-0.3, -0.25) is 0 Å². The maximum Gasteiger partial charge on any atom is 0.139 e. The van der Waals surface area contributed by atoms with Gasteiger partial charge in [0.1, 0.15) is 23.9 Å². The minimum absolute atomic E-state index is 0.182. The van der Waals surface area contributed by atoms with Crippen LogP contribution in [0.2, 0.25) is 0 Å². The van der Waals surface area contributed by atoms with Crippen LogP contribution in [0.25, 0.3) is 10.9 Å². The Balaban J connectivity index is 1.92. The zero-order valence-electron chi connectivity index (χ0n) is 11.8. The van der Waals surface area contributed by atoms with Crippen LogP contribution in [0, 0.1) is 0 Å². The van der Waals surface area contributed by atoms with Gasteiger partial charge in [0.25, 0.3) is 0 Å². The largest absolute Gasteiger partial charge is 0.508 e. The third-order valence-corrected chi connectivity index (χ3v) is 3.51. The van der Waals surface area contributed by atoms with Crippen LogP contribution in [0.1, 0.15) is 12.5 Å². The lowest BCUT2D eigenvalue weighted by molar-refractivity contribution is 0.305. The summed E-state index contributed by atoms with van der Waals surface area (Å²) in [5.41, 5.74) is 1.83. The van der Waals surface area contributed by atoms with Crippen LogP contribution in [-0.4, -0.2) is 14.8 Å². The van der Waals surface area contributed by atoms with E-state index in [0.29, 0.717) is 12.4 Å². The average molecular weight is 283 g/mol. The minimum atomic E-state index is 0.182. The van der Waals surface area contributed by atoms with Crippen LogP contribution < -0.4 is 4.74 Å². The number of ether oxygens (including phenoxy) is 1. The Morgan fingerprint density at radius 2 is 1.90 bits per heavy atom. The molecular formula is C17H17NO3. The molecule has 0 unspecified atom stereocenters. The van der Waals surface area contributed by atoms with Crippen molar-refractivity contribution < 1.29 is 14.9 Å². The molecule has 0 aliphatic heterocycles. The maximum absolute atomic E-state index is 10.0. The second kappa shape index (κ2) is 5.40. The lowest BCUT2D eigenvalue weighted by Gasteiger charge is -2.05. The summed E-state index contributed by atoms with van der Waals surface area (Å²) in [5, 5.41) is 20.5. The number of hydrogen-bond acceptors (Lipinski definition) is 3. The van der Waals surface area contributed by atoms with Gasteiger partial charge in [-0.2, -0.15) is 0 Å². The summed E-state index contributed by atoms with van der Waals surface area (Å²) in [5.74, 6) is 1.08. The quantitative estimate of drug-likeness (QED) is 0.768. The number of rotatable bonds is 4. The molecule has 2 N–H and O–H groups in total. The van der Waals surface area contributed by atoms with Crippen LogP contribution >= 0.6 is 0 Å². The Hall–Kier alpha value is -2.62. The van der Waals surface area contributed by atoms with E-state index in [1.54, 1.807) is 30.3 Å². The number of para-hydroxylation sites is 1. The number of aryl methyl sites for hydroxylation is 1. The van der Waals surface area contributed by atoms with E-state index in [9.17, 15) is 10.2 Å². The number of phenolic OH excluding ortho intramolecular Hbond substituents is 2. The topological polar surface area (TPSA) is 54.6 Å². The number of nitrogens with zero attached hydrogens (tertiary/aromatic N) is 1. The highest BCUT2D eigenvalue weighted by atomic mass is 16.5. The average Bonchev–Trinajstić information content (AvgIpc) is 2.85. The first kappa shape index (κ1) is 13.4. The van der Waals surface area contributed by atoms with Crippen LogP contribution in [0.3, 0.4) is 0 Å². The summed E-state index contributed by atoms with van der Waals surface area (Å²) in [6, 6.07) is 12.2. The molecule has 2 aromatic carbocycles. The van der Waals surface area contributed by atoms with Crippen molar-refractivity contribution >= 4 is 10.9 Å². The molecule has 0 saturated heterocycles. The highest BCUT2D eigenvalue weighted by molar-refractivity contribution is 5.88. The summed E-state index contributed by atoms with van der Waals surface area (Å²) in [6.07, 6.45) is 1.99. The van der Waals surface area contributed by atoms with Gasteiger partial charge in [0.05, 0.1) is 5.52 Å². The first-order valence-corrected chi connectivity index (χ1v) is 6.90. The molecule has 1 heterocycles. The zero-order valence-corrected chi connectivity index (χ0v) is 11.8. The van der Waals surface area contributed by atoms with E-state index in [-0.39, 0.29) is 11.5 Å². The second-order valence-electron chi connectivity index (χ2n) is 4.90. The Morgan fingerprint density at radius 3 is 2.67 bits per heavy atom. The monoisotopic (exact) mass is 283 g/mol. The Kier molecular flexibility index (Phi) is 3.44. The van der Waals surface area contributed by atoms with Crippen LogP contribution in [0.15, 0.2) is 48.7 Å². The molecule has 108 valence electrons. The number of hydrogen-bond donors (Lipinski definition) is 2. The van der Waals surface area contributed by atoms with Gasteiger partial charge >= 0.3 is 0 Å². The van der Waals surface area contributed by atoms with E-state index in [4.69, 9.17) is 4.74 Å². The molecule has 0 saturated carbocycles. The molecule has 0 atom stereocenters. The Bertz CT molecular complexity index is 777. The smallest absolute Gasteiger partial charge is 0.139 e. The second-order valence-corrected chi connectivity index (χ2v) is 4.90. The molecule has 0 aliphatic rings. The molecule has 3 rings (SSSR count). The predicted molar refractivity (Wildman–Crippen MR) is 81.7 cm³/mol. The van der Waals surface area contributed by atoms with Crippen LogP contribution in [-0.2, 0) is 13.2 Å².